The van der Waals surface area contributed by atoms with Crippen LogP contribution in [0, 0.1) is 0 Å². The van der Waals surface area contributed by atoms with Crippen molar-refractivity contribution in [2.24, 2.45) is 0 Å². The monoisotopic (exact) mass is 638 g/mol. The SMILES string of the molecule is c1ccc(-c2nc(-c3ccccc3)nc(-c3ccc(-c4cc5ccccc5cc4-c4ccc(-c5cccc6cccnc56)cc4)cc3)n2)cc1. The van der Waals surface area contributed by atoms with E-state index in [0.717, 1.165) is 49.8 Å². The summed E-state index contributed by atoms with van der Waals surface area (Å²) < 4.78 is 0. The maximum Gasteiger partial charge on any atom is 0.164 e. The molecule has 0 N–H and O–H groups in total. The Morgan fingerprint density at radius 1 is 0.280 bits per heavy atom. The van der Waals surface area contributed by atoms with Crippen molar-refractivity contribution in [3.8, 4) is 67.5 Å². The molecule has 7 aromatic carbocycles. The average Bonchev–Trinajstić information content (AvgIpc) is 3.21. The highest BCUT2D eigenvalue weighted by Gasteiger charge is 2.15. The van der Waals surface area contributed by atoms with Crippen LogP contribution in [0.2, 0.25) is 0 Å². The van der Waals surface area contributed by atoms with Gasteiger partial charge in [-0.15, -0.1) is 0 Å². The third-order valence-electron chi connectivity index (χ3n) is 9.18. The lowest BCUT2D eigenvalue weighted by Gasteiger charge is -2.14. The molecule has 234 valence electrons. The minimum atomic E-state index is 0.640. The number of aromatic nitrogens is 4. The van der Waals surface area contributed by atoms with Gasteiger partial charge < -0.3 is 0 Å². The van der Waals surface area contributed by atoms with Crippen molar-refractivity contribution in [1.82, 2.24) is 19.9 Å². The van der Waals surface area contributed by atoms with Gasteiger partial charge in [-0.1, -0.05) is 158 Å². The van der Waals surface area contributed by atoms with Crippen molar-refractivity contribution >= 4 is 21.7 Å². The van der Waals surface area contributed by atoms with E-state index in [4.69, 9.17) is 15.0 Å². The number of fused-ring (bicyclic) bond motifs is 2. The summed E-state index contributed by atoms with van der Waals surface area (Å²) >= 11 is 0. The predicted octanol–water partition coefficient (Wildman–Crippen LogP) is 11.6. The Labute approximate surface area is 290 Å². The van der Waals surface area contributed by atoms with Crippen LogP contribution in [0.4, 0.5) is 0 Å². The summed E-state index contributed by atoms with van der Waals surface area (Å²) in [6.07, 6.45) is 1.86. The van der Waals surface area contributed by atoms with E-state index in [2.05, 4.69) is 114 Å². The van der Waals surface area contributed by atoms with Gasteiger partial charge in [-0.05, 0) is 56.8 Å². The third kappa shape index (κ3) is 5.59. The molecule has 50 heavy (non-hydrogen) atoms. The molecule has 0 aliphatic heterocycles. The number of benzene rings is 7. The molecule has 2 aromatic heterocycles. The van der Waals surface area contributed by atoms with Gasteiger partial charge in [-0.3, -0.25) is 4.98 Å². The molecule has 0 bridgehead atoms. The molecule has 0 radical (unpaired) electrons. The third-order valence-corrected chi connectivity index (χ3v) is 9.18. The first-order chi connectivity index (χ1) is 24.8. The van der Waals surface area contributed by atoms with Crippen molar-refractivity contribution in [3.05, 3.63) is 182 Å². The molecule has 0 saturated heterocycles. The van der Waals surface area contributed by atoms with Gasteiger partial charge in [-0.2, -0.15) is 0 Å². The Morgan fingerprint density at radius 2 is 0.680 bits per heavy atom. The molecule has 4 nitrogen and oxygen atoms in total. The zero-order valence-electron chi connectivity index (χ0n) is 27.1. The molecule has 0 unspecified atom stereocenters. The summed E-state index contributed by atoms with van der Waals surface area (Å²) in [5.41, 5.74) is 10.8. The van der Waals surface area contributed by atoms with E-state index >= 15 is 0 Å². The minimum Gasteiger partial charge on any atom is -0.256 e. The molecule has 2 heterocycles. The highest BCUT2D eigenvalue weighted by atomic mass is 15.0. The largest absolute Gasteiger partial charge is 0.256 e. The van der Waals surface area contributed by atoms with E-state index in [1.165, 1.54) is 21.9 Å². The molecule has 0 amide bonds. The highest BCUT2D eigenvalue weighted by Crippen LogP contribution is 2.38. The summed E-state index contributed by atoms with van der Waals surface area (Å²) in [7, 11) is 0. The number of nitrogens with zero attached hydrogens (tertiary/aromatic N) is 4. The Kier molecular flexibility index (Phi) is 7.45. The fourth-order valence-corrected chi connectivity index (χ4v) is 6.62. The molecular weight excluding hydrogens is 609 g/mol. The summed E-state index contributed by atoms with van der Waals surface area (Å²) in [6.45, 7) is 0. The first-order valence-corrected chi connectivity index (χ1v) is 16.7. The Morgan fingerprint density at radius 3 is 1.20 bits per heavy atom. The molecule has 9 aromatic rings. The van der Waals surface area contributed by atoms with Crippen LogP contribution in [0.5, 0.6) is 0 Å². The predicted molar refractivity (Wildman–Crippen MR) is 205 cm³/mol. The second-order valence-electron chi connectivity index (χ2n) is 12.3. The van der Waals surface area contributed by atoms with E-state index in [9.17, 15) is 0 Å². The van der Waals surface area contributed by atoms with E-state index in [1.54, 1.807) is 0 Å². The Balaban J connectivity index is 1.12. The molecule has 0 aliphatic rings. The van der Waals surface area contributed by atoms with Gasteiger partial charge in [0, 0.05) is 33.8 Å². The fraction of sp³-hybridized carbons (Fsp3) is 0. The van der Waals surface area contributed by atoms with Crippen LogP contribution in [0.25, 0.3) is 89.2 Å². The summed E-state index contributed by atoms with van der Waals surface area (Å²) in [6, 6.07) is 61.2. The van der Waals surface area contributed by atoms with Crippen LogP contribution < -0.4 is 0 Å². The van der Waals surface area contributed by atoms with Crippen LogP contribution in [0.1, 0.15) is 0 Å². The first-order valence-electron chi connectivity index (χ1n) is 16.7. The van der Waals surface area contributed by atoms with E-state index in [-0.39, 0.29) is 0 Å². The number of pyridine rings is 1. The highest BCUT2D eigenvalue weighted by molar-refractivity contribution is 5.98. The molecule has 0 aliphatic carbocycles. The summed E-state index contributed by atoms with van der Waals surface area (Å²) in [5.74, 6) is 1.94. The quantitative estimate of drug-likeness (QED) is 0.182. The van der Waals surface area contributed by atoms with Crippen LogP contribution in [-0.4, -0.2) is 19.9 Å². The van der Waals surface area contributed by atoms with E-state index in [0.29, 0.717) is 17.5 Å². The van der Waals surface area contributed by atoms with Gasteiger partial charge in [0.2, 0.25) is 0 Å². The van der Waals surface area contributed by atoms with Crippen molar-refractivity contribution in [1.29, 1.82) is 0 Å². The minimum absolute atomic E-state index is 0.640. The normalized spacial score (nSPS) is 11.2. The Hall–Kier alpha value is -6.78. The second kappa shape index (κ2) is 12.7. The van der Waals surface area contributed by atoms with Crippen LogP contribution >= 0.6 is 0 Å². The molecule has 0 atom stereocenters. The van der Waals surface area contributed by atoms with Crippen LogP contribution in [0.3, 0.4) is 0 Å². The topological polar surface area (TPSA) is 51.6 Å². The van der Waals surface area contributed by atoms with Crippen molar-refractivity contribution in [2.45, 2.75) is 0 Å². The molecule has 0 saturated carbocycles. The number of rotatable bonds is 6. The number of hydrogen-bond acceptors (Lipinski definition) is 4. The summed E-state index contributed by atoms with van der Waals surface area (Å²) in [5, 5.41) is 3.54. The lowest BCUT2D eigenvalue weighted by molar-refractivity contribution is 1.07. The van der Waals surface area contributed by atoms with Crippen LogP contribution in [-0.2, 0) is 0 Å². The van der Waals surface area contributed by atoms with Gasteiger partial charge in [-0.25, -0.2) is 15.0 Å². The first kappa shape index (κ1) is 29.4. The summed E-state index contributed by atoms with van der Waals surface area (Å²) in [4.78, 5) is 19.4. The fourth-order valence-electron chi connectivity index (χ4n) is 6.62. The zero-order chi connectivity index (χ0) is 33.3. The van der Waals surface area contributed by atoms with Crippen molar-refractivity contribution < 1.29 is 0 Å². The van der Waals surface area contributed by atoms with Crippen molar-refractivity contribution in [3.63, 3.8) is 0 Å². The maximum atomic E-state index is 4.93. The Bertz CT molecular complexity index is 2550. The second-order valence-corrected chi connectivity index (χ2v) is 12.3. The number of para-hydroxylation sites is 1. The lowest BCUT2D eigenvalue weighted by Crippen LogP contribution is -2.00. The number of hydrogen-bond donors (Lipinski definition) is 0. The van der Waals surface area contributed by atoms with Gasteiger partial charge in [0.15, 0.2) is 17.5 Å². The van der Waals surface area contributed by atoms with Gasteiger partial charge in [0.25, 0.3) is 0 Å². The van der Waals surface area contributed by atoms with E-state index < -0.39 is 0 Å². The molecule has 9 rings (SSSR count). The van der Waals surface area contributed by atoms with Gasteiger partial charge >= 0.3 is 0 Å². The van der Waals surface area contributed by atoms with Crippen molar-refractivity contribution in [2.75, 3.05) is 0 Å². The maximum absolute atomic E-state index is 4.93. The smallest absolute Gasteiger partial charge is 0.164 e. The zero-order valence-corrected chi connectivity index (χ0v) is 27.1. The molecule has 4 heteroatoms. The molecule has 0 fully saturated rings. The molecular formula is C46H30N4. The van der Waals surface area contributed by atoms with Gasteiger partial charge in [0.1, 0.15) is 0 Å². The lowest BCUT2D eigenvalue weighted by atomic mass is 9.90. The standard InChI is InChI=1S/C46H30N4/c1-3-11-35(12-4-1)44-48-45(36-13-5-2-6-14-36)50-46(49-44)37-26-24-33(25-27-37)42-30-39-16-8-7-15-38(39)29-41(42)32-22-20-31(21-23-32)40-19-9-17-34-18-10-28-47-43(34)40/h1-30H. The van der Waals surface area contributed by atoms with Gasteiger partial charge in [0.05, 0.1) is 5.52 Å². The average molecular weight is 639 g/mol. The molecule has 0 spiro atoms. The van der Waals surface area contributed by atoms with Crippen LogP contribution in [0.15, 0.2) is 182 Å². The van der Waals surface area contributed by atoms with E-state index in [1.807, 2.05) is 72.9 Å².